The van der Waals surface area contributed by atoms with E-state index in [9.17, 15) is 12.8 Å². The minimum absolute atomic E-state index is 0.127. The predicted octanol–water partition coefficient (Wildman–Crippen LogP) is 4.65. The van der Waals surface area contributed by atoms with E-state index in [1.165, 1.54) is 31.3 Å². The highest BCUT2D eigenvalue weighted by Gasteiger charge is 2.22. The van der Waals surface area contributed by atoms with Gasteiger partial charge in [-0.3, -0.25) is 9.71 Å². The van der Waals surface area contributed by atoms with Crippen LogP contribution < -0.4 is 10.0 Å². The molecule has 0 bridgehead atoms. The van der Waals surface area contributed by atoms with E-state index < -0.39 is 15.8 Å². The van der Waals surface area contributed by atoms with Gasteiger partial charge in [0.15, 0.2) is 5.65 Å². The number of benzene rings is 1. The molecule has 0 saturated carbocycles. The molecule has 3 aromatic heterocycles. The Morgan fingerprint density at radius 2 is 1.70 bits per heavy atom. The van der Waals surface area contributed by atoms with Crippen LogP contribution in [0.1, 0.15) is 17.0 Å². The molecule has 0 saturated heterocycles. The second-order valence-corrected chi connectivity index (χ2v) is 9.55. The van der Waals surface area contributed by atoms with Gasteiger partial charge in [0.05, 0.1) is 16.4 Å². The lowest BCUT2D eigenvalue weighted by atomic mass is 9.98. The monoisotopic (exact) mass is 486 g/mol. The van der Waals surface area contributed by atoms with Crippen LogP contribution >= 0.6 is 11.6 Å². The van der Waals surface area contributed by atoms with Gasteiger partial charge in [0.1, 0.15) is 10.7 Å². The third-order valence-corrected chi connectivity index (χ3v) is 6.82. The smallest absolute Gasteiger partial charge is 0.263 e. The Morgan fingerprint density at radius 3 is 2.42 bits per heavy atom. The molecule has 4 aromatic rings. The van der Waals surface area contributed by atoms with Crippen LogP contribution in [0.15, 0.2) is 41.6 Å². The molecular formula is C22H20ClFN6O2S. The molecule has 3 heterocycles. The predicted molar refractivity (Wildman–Crippen MR) is 127 cm³/mol. The fraction of sp³-hybridized carbons (Fsp3) is 0.182. The maximum Gasteiger partial charge on any atom is 0.263 e. The van der Waals surface area contributed by atoms with Gasteiger partial charge < -0.3 is 5.32 Å². The zero-order chi connectivity index (χ0) is 23.9. The average molecular weight is 487 g/mol. The molecule has 0 spiro atoms. The van der Waals surface area contributed by atoms with Crippen LogP contribution in [0.5, 0.6) is 0 Å². The molecule has 1 aromatic carbocycles. The van der Waals surface area contributed by atoms with E-state index in [-0.39, 0.29) is 21.3 Å². The molecular weight excluding hydrogens is 467 g/mol. The number of sulfonamides is 1. The van der Waals surface area contributed by atoms with Crippen LogP contribution in [0.25, 0.3) is 22.2 Å². The summed E-state index contributed by atoms with van der Waals surface area (Å²) in [6, 6.07) is 5.85. The number of fused-ring (bicyclic) bond motifs is 1. The number of nitrogens with one attached hydrogen (secondary N) is 2. The summed E-state index contributed by atoms with van der Waals surface area (Å²) in [6.45, 7) is 5.09. The second kappa shape index (κ2) is 8.53. The number of aromatic nitrogens is 4. The van der Waals surface area contributed by atoms with Gasteiger partial charge in [-0.25, -0.2) is 22.8 Å². The summed E-state index contributed by atoms with van der Waals surface area (Å²) in [4.78, 5) is 16.9. The van der Waals surface area contributed by atoms with Crippen molar-refractivity contribution in [3.63, 3.8) is 0 Å². The first-order valence-corrected chi connectivity index (χ1v) is 11.7. The van der Waals surface area contributed by atoms with Crippen molar-refractivity contribution in [3.05, 3.63) is 64.5 Å². The van der Waals surface area contributed by atoms with E-state index in [1.54, 1.807) is 20.2 Å². The molecule has 11 heteroatoms. The molecule has 4 rings (SSSR count). The minimum atomic E-state index is -4.13. The highest BCUT2D eigenvalue weighted by Crippen LogP contribution is 2.33. The van der Waals surface area contributed by atoms with Crippen LogP contribution in [-0.4, -0.2) is 35.4 Å². The van der Waals surface area contributed by atoms with Crippen molar-refractivity contribution in [2.24, 2.45) is 0 Å². The zero-order valence-corrected chi connectivity index (χ0v) is 19.8. The van der Waals surface area contributed by atoms with Crippen molar-refractivity contribution in [1.29, 1.82) is 0 Å². The molecule has 0 radical (unpaired) electrons. The topological polar surface area (TPSA) is 110 Å². The summed E-state index contributed by atoms with van der Waals surface area (Å²) in [5, 5.41) is 3.72. The minimum Gasteiger partial charge on any atom is -0.357 e. The van der Waals surface area contributed by atoms with Crippen LogP contribution in [0, 0.1) is 26.6 Å². The molecule has 170 valence electrons. The Kier molecular flexibility index (Phi) is 5.89. The number of aryl methyl sites for hydroxylation is 3. The first kappa shape index (κ1) is 22.8. The number of nitrogens with zero attached hydrogens (tertiary/aromatic N) is 4. The molecule has 2 N–H and O–H groups in total. The fourth-order valence-electron chi connectivity index (χ4n) is 3.45. The van der Waals surface area contributed by atoms with Crippen LogP contribution in [0.2, 0.25) is 5.02 Å². The second-order valence-electron chi connectivity index (χ2n) is 7.47. The number of pyridine rings is 2. The first-order chi connectivity index (χ1) is 15.6. The third kappa shape index (κ3) is 4.44. The molecule has 0 aliphatic carbocycles. The van der Waals surface area contributed by atoms with Gasteiger partial charge in [-0.05, 0) is 56.2 Å². The Hall–Kier alpha value is -3.37. The van der Waals surface area contributed by atoms with Gasteiger partial charge >= 0.3 is 0 Å². The van der Waals surface area contributed by atoms with E-state index in [0.29, 0.717) is 39.4 Å². The van der Waals surface area contributed by atoms with Gasteiger partial charge in [-0.2, -0.15) is 4.98 Å². The molecule has 0 amide bonds. The number of rotatable bonds is 5. The highest BCUT2D eigenvalue weighted by atomic mass is 35.5. The maximum atomic E-state index is 14.8. The number of anilines is 2. The molecule has 33 heavy (non-hydrogen) atoms. The Balaban J connectivity index is 1.81. The Bertz CT molecular complexity index is 1510. The molecule has 0 unspecified atom stereocenters. The third-order valence-electron chi connectivity index (χ3n) is 5.13. The van der Waals surface area contributed by atoms with Crippen molar-refractivity contribution in [3.8, 4) is 11.1 Å². The van der Waals surface area contributed by atoms with Crippen molar-refractivity contribution >= 4 is 44.3 Å². The number of hydrogen-bond acceptors (Lipinski definition) is 7. The Morgan fingerprint density at radius 1 is 0.939 bits per heavy atom. The van der Waals surface area contributed by atoms with E-state index >= 15 is 0 Å². The number of hydrogen-bond donors (Lipinski definition) is 2. The van der Waals surface area contributed by atoms with Crippen LogP contribution in [0.3, 0.4) is 0 Å². The summed E-state index contributed by atoms with van der Waals surface area (Å²) in [5.74, 6) is -0.261. The van der Waals surface area contributed by atoms with Gasteiger partial charge in [-0.1, -0.05) is 11.6 Å². The summed E-state index contributed by atoms with van der Waals surface area (Å²) in [7, 11) is -2.42. The standard InChI is InChI=1S/C22H20ClFN6O2S/c1-11-5-18(24)19(30-33(31,32)20-7-15(23)10-26-13(20)3)8-16(11)17-6-14-9-27-22(25-4)29-21(14)28-12(17)2/h5-10,30H,1-4H3,(H,25,27,28,29). The van der Waals surface area contributed by atoms with Crippen molar-refractivity contribution in [2.75, 3.05) is 17.1 Å². The van der Waals surface area contributed by atoms with E-state index in [0.717, 1.165) is 0 Å². The van der Waals surface area contributed by atoms with E-state index in [2.05, 4.69) is 30.0 Å². The van der Waals surface area contributed by atoms with Gasteiger partial charge in [0, 0.05) is 36.1 Å². The quantitative estimate of drug-likeness (QED) is 0.422. The van der Waals surface area contributed by atoms with E-state index in [4.69, 9.17) is 11.6 Å². The lowest BCUT2D eigenvalue weighted by Gasteiger charge is -2.15. The normalized spacial score (nSPS) is 11.6. The maximum absolute atomic E-state index is 14.8. The highest BCUT2D eigenvalue weighted by molar-refractivity contribution is 7.92. The fourth-order valence-corrected chi connectivity index (χ4v) is 4.95. The molecule has 0 fully saturated rings. The van der Waals surface area contributed by atoms with Crippen molar-refractivity contribution < 1.29 is 12.8 Å². The van der Waals surface area contributed by atoms with Gasteiger partial charge in [-0.15, -0.1) is 0 Å². The molecule has 0 atom stereocenters. The summed E-state index contributed by atoms with van der Waals surface area (Å²) in [6.07, 6.45) is 2.99. The van der Waals surface area contributed by atoms with Gasteiger partial charge in [0.25, 0.3) is 10.0 Å². The van der Waals surface area contributed by atoms with Gasteiger partial charge in [0.2, 0.25) is 5.95 Å². The summed E-state index contributed by atoms with van der Waals surface area (Å²) >= 11 is 5.92. The SMILES string of the molecule is CNc1ncc2cc(-c3cc(NS(=O)(=O)c4cc(Cl)cnc4C)c(F)cc3C)c(C)nc2n1. The zero-order valence-electron chi connectivity index (χ0n) is 18.2. The molecule has 0 aliphatic heterocycles. The Labute approximate surface area is 195 Å². The van der Waals surface area contributed by atoms with Crippen molar-refractivity contribution in [2.45, 2.75) is 25.7 Å². The summed E-state index contributed by atoms with van der Waals surface area (Å²) < 4.78 is 43.0. The molecule has 8 nitrogen and oxygen atoms in total. The van der Waals surface area contributed by atoms with Crippen molar-refractivity contribution in [1.82, 2.24) is 19.9 Å². The largest absolute Gasteiger partial charge is 0.357 e. The lowest BCUT2D eigenvalue weighted by molar-refractivity contribution is 0.597. The first-order valence-electron chi connectivity index (χ1n) is 9.86. The lowest BCUT2D eigenvalue weighted by Crippen LogP contribution is -2.16. The number of halogens is 2. The molecule has 0 aliphatic rings. The van der Waals surface area contributed by atoms with Crippen LogP contribution in [-0.2, 0) is 10.0 Å². The summed E-state index contributed by atoms with van der Waals surface area (Å²) in [5.41, 5.74) is 3.17. The van der Waals surface area contributed by atoms with E-state index in [1.807, 2.05) is 13.0 Å². The average Bonchev–Trinajstić information content (AvgIpc) is 2.76. The van der Waals surface area contributed by atoms with Crippen LogP contribution in [0.4, 0.5) is 16.0 Å².